The molecule has 1 amide bonds. The minimum absolute atomic E-state index is 0.125. The van der Waals surface area contributed by atoms with Crippen molar-refractivity contribution >= 4 is 17.7 Å². The Bertz CT molecular complexity index is 277. The Morgan fingerprint density at radius 3 is 2.42 bits per heavy atom. The summed E-state index contributed by atoms with van der Waals surface area (Å²) in [6.07, 6.45) is 2.05. The summed E-state index contributed by atoms with van der Waals surface area (Å²) in [5.74, 6) is 1.34. The monoisotopic (exact) mass is 288 g/mol. The van der Waals surface area contributed by atoms with Crippen LogP contribution in [0.4, 0.5) is 0 Å². The van der Waals surface area contributed by atoms with Gasteiger partial charge in [-0.15, -0.1) is 0 Å². The van der Waals surface area contributed by atoms with Crippen LogP contribution in [0.3, 0.4) is 0 Å². The number of hydrogen-bond acceptors (Lipinski definition) is 4. The molecular formula is C14H28N2O2S. The zero-order valence-electron chi connectivity index (χ0n) is 12.9. The minimum atomic E-state index is 0.125. The van der Waals surface area contributed by atoms with E-state index in [2.05, 4.69) is 25.0 Å². The van der Waals surface area contributed by atoms with E-state index in [0.717, 1.165) is 32.0 Å². The lowest BCUT2D eigenvalue weighted by molar-refractivity contribution is -0.138. The van der Waals surface area contributed by atoms with Crippen molar-refractivity contribution in [1.82, 2.24) is 9.80 Å². The van der Waals surface area contributed by atoms with Gasteiger partial charge in [-0.2, -0.15) is 11.8 Å². The molecule has 5 heteroatoms. The normalized spacial score (nSPS) is 26.5. The molecule has 1 rings (SSSR count). The van der Waals surface area contributed by atoms with Crippen molar-refractivity contribution in [3.8, 4) is 0 Å². The van der Waals surface area contributed by atoms with Crippen LogP contribution in [0.25, 0.3) is 0 Å². The van der Waals surface area contributed by atoms with Gasteiger partial charge in [0.25, 0.3) is 0 Å². The van der Waals surface area contributed by atoms with Gasteiger partial charge in [-0.25, -0.2) is 0 Å². The zero-order valence-corrected chi connectivity index (χ0v) is 13.7. The summed E-state index contributed by atoms with van der Waals surface area (Å²) in [4.78, 5) is 16.8. The zero-order chi connectivity index (χ0) is 14.4. The Kier molecular flexibility index (Phi) is 7.18. The van der Waals surface area contributed by atoms with Crippen molar-refractivity contribution in [2.24, 2.45) is 5.92 Å². The SMILES string of the molecule is COCCN1[C@H](C)CN(C(=O)C(C)CSC)C[C@@H]1C. The molecule has 0 aromatic heterocycles. The fourth-order valence-electron chi connectivity index (χ4n) is 2.81. The lowest BCUT2D eigenvalue weighted by atomic mass is 10.1. The Labute approximate surface area is 121 Å². The van der Waals surface area contributed by atoms with E-state index in [1.807, 2.05) is 11.8 Å². The van der Waals surface area contributed by atoms with Gasteiger partial charge < -0.3 is 9.64 Å². The predicted octanol–water partition coefficient (Wildman–Crippen LogP) is 1.55. The molecule has 1 fully saturated rings. The second-order valence-electron chi connectivity index (χ2n) is 5.53. The van der Waals surface area contributed by atoms with E-state index < -0.39 is 0 Å². The number of methoxy groups -OCH3 is 1. The fraction of sp³-hybridized carbons (Fsp3) is 0.929. The highest BCUT2D eigenvalue weighted by molar-refractivity contribution is 7.98. The van der Waals surface area contributed by atoms with Crippen molar-refractivity contribution < 1.29 is 9.53 Å². The summed E-state index contributed by atoms with van der Waals surface area (Å²) in [6, 6.07) is 0.814. The Balaban J connectivity index is 2.56. The van der Waals surface area contributed by atoms with E-state index in [4.69, 9.17) is 4.74 Å². The molecular weight excluding hydrogens is 260 g/mol. The summed E-state index contributed by atoms with van der Waals surface area (Å²) in [7, 11) is 1.74. The number of carbonyl (C=O) groups is 1. The summed E-state index contributed by atoms with van der Waals surface area (Å²) in [5.41, 5.74) is 0. The molecule has 0 spiro atoms. The molecule has 1 aliphatic heterocycles. The summed E-state index contributed by atoms with van der Waals surface area (Å²) in [6.45, 7) is 9.81. The van der Waals surface area contributed by atoms with Crippen molar-refractivity contribution in [3.05, 3.63) is 0 Å². The van der Waals surface area contributed by atoms with Gasteiger partial charge in [0.2, 0.25) is 5.91 Å². The Hall–Kier alpha value is -0.260. The van der Waals surface area contributed by atoms with Gasteiger partial charge in [-0.1, -0.05) is 6.92 Å². The molecule has 0 aromatic carbocycles. The van der Waals surface area contributed by atoms with Gasteiger partial charge >= 0.3 is 0 Å². The van der Waals surface area contributed by atoms with Gasteiger partial charge in [-0.3, -0.25) is 9.69 Å². The number of rotatable bonds is 6. The highest BCUT2D eigenvalue weighted by Crippen LogP contribution is 2.18. The van der Waals surface area contributed by atoms with Crippen LogP contribution in [0.2, 0.25) is 0 Å². The molecule has 112 valence electrons. The summed E-state index contributed by atoms with van der Waals surface area (Å²) >= 11 is 1.74. The molecule has 19 heavy (non-hydrogen) atoms. The minimum Gasteiger partial charge on any atom is -0.383 e. The fourth-order valence-corrected chi connectivity index (χ4v) is 3.45. The predicted molar refractivity (Wildman–Crippen MR) is 81.6 cm³/mol. The average molecular weight is 288 g/mol. The standard InChI is InChI=1S/C14H28N2O2S/c1-11(10-19-5)14(17)15-8-12(2)16(6-7-18-4)13(3)9-15/h11-13H,6-10H2,1-5H3/t11?,12-,13+. The van der Waals surface area contributed by atoms with Crippen molar-refractivity contribution in [1.29, 1.82) is 0 Å². The number of piperazine rings is 1. The largest absolute Gasteiger partial charge is 0.383 e. The molecule has 0 bridgehead atoms. The smallest absolute Gasteiger partial charge is 0.226 e. The molecule has 1 saturated heterocycles. The van der Waals surface area contributed by atoms with Crippen LogP contribution in [0.15, 0.2) is 0 Å². The van der Waals surface area contributed by atoms with Crippen LogP contribution in [0.5, 0.6) is 0 Å². The molecule has 0 N–H and O–H groups in total. The lowest BCUT2D eigenvalue weighted by Gasteiger charge is -2.45. The average Bonchev–Trinajstić information content (AvgIpc) is 2.37. The van der Waals surface area contributed by atoms with Gasteiger partial charge in [0.05, 0.1) is 6.61 Å². The lowest BCUT2D eigenvalue weighted by Crippen LogP contribution is -2.59. The van der Waals surface area contributed by atoms with Gasteiger partial charge in [-0.05, 0) is 20.1 Å². The number of amides is 1. The Morgan fingerprint density at radius 2 is 1.95 bits per heavy atom. The number of carbonyl (C=O) groups excluding carboxylic acids is 1. The van der Waals surface area contributed by atoms with E-state index in [-0.39, 0.29) is 5.92 Å². The van der Waals surface area contributed by atoms with Crippen molar-refractivity contribution in [3.63, 3.8) is 0 Å². The van der Waals surface area contributed by atoms with E-state index >= 15 is 0 Å². The first-order chi connectivity index (χ1) is 9.01. The maximum atomic E-state index is 12.4. The molecule has 1 unspecified atom stereocenters. The number of ether oxygens (including phenoxy) is 1. The molecule has 1 heterocycles. The molecule has 0 radical (unpaired) electrons. The summed E-state index contributed by atoms with van der Waals surface area (Å²) in [5, 5.41) is 0. The third-order valence-corrected chi connectivity index (χ3v) is 4.64. The number of hydrogen-bond donors (Lipinski definition) is 0. The molecule has 3 atom stereocenters. The molecule has 1 aliphatic rings. The van der Waals surface area contributed by atoms with Gasteiger partial charge in [0.1, 0.15) is 0 Å². The van der Waals surface area contributed by atoms with Crippen LogP contribution in [0, 0.1) is 5.92 Å². The number of thioether (sulfide) groups is 1. The van der Waals surface area contributed by atoms with E-state index in [0.29, 0.717) is 18.0 Å². The van der Waals surface area contributed by atoms with Crippen LogP contribution in [0.1, 0.15) is 20.8 Å². The second kappa shape index (κ2) is 8.12. The Morgan fingerprint density at radius 1 is 1.37 bits per heavy atom. The topological polar surface area (TPSA) is 32.8 Å². The molecule has 4 nitrogen and oxygen atoms in total. The van der Waals surface area contributed by atoms with Crippen LogP contribution in [-0.2, 0) is 9.53 Å². The van der Waals surface area contributed by atoms with Crippen molar-refractivity contribution in [2.75, 3.05) is 45.4 Å². The molecule has 0 aromatic rings. The third kappa shape index (κ3) is 4.65. The molecule has 0 aliphatic carbocycles. The first-order valence-electron chi connectivity index (χ1n) is 7.03. The van der Waals surface area contributed by atoms with Crippen LogP contribution in [-0.4, -0.2) is 73.2 Å². The maximum absolute atomic E-state index is 12.4. The van der Waals surface area contributed by atoms with Gasteiger partial charge in [0.15, 0.2) is 0 Å². The first-order valence-corrected chi connectivity index (χ1v) is 8.43. The van der Waals surface area contributed by atoms with E-state index in [1.165, 1.54) is 0 Å². The third-order valence-electron chi connectivity index (χ3n) is 3.81. The maximum Gasteiger partial charge on any atom is 0.226 e. The highest BCUT2D eigenvalue weighted by Gasteiger charge is 2.32. The quantitative estimate of drug-likeness (QED) is 0.742. The second-order valence-corrected chi connectivity index (χ2v) is 6.44. The number of nitrogens with zero attached hydrogens (tertiary/aromatic N) is 2. The highest BCUT2D eigenvalue weighted by atomic mass is 32.2. The van der Waals surface area contributed by atoms with Crippen LogP contribution >= 0.6 is 11.8 Å². The van der Waals surface area contributed by atoms with E-state index in [9.17, 15) is 4.79 Å². The summed E-state index contributed by atoms with van der Waals surface area (Å²) < 4.78 is 5.16. The van der Waals surface area contributed by atoms with Crippen molar-refractivity contribution in [2.45, 2.75) is 32.9 Å². The molecule has 0 saturated carbocycles. The van der Waals surface area contributed by atoms with Crippen LogP contribution < -0.4 is 0 Å². The van der Waals surface area contributed by atoms with E-state index in [1.54, 1.807) is 18.9 Å². The first kappa shape index (κ1) is 16.8. The van der Waals surface area contributed by atoms with Gasteiger partial charge in [0, 0.05) is 50.5 Å².